The molecule has 2 aromatic rings. The first kappa shape index (κ1) is 16.1. The van der Waals surface area contributed by atoms with Gasteiger partial charge in [-0.3, -0.25) is 4.68 Å². The average molecular weight is 351 g/mol. The van der Waals surface area contributed by atoms with Crippen molar-refractivity contribution in [2.45, 2.75) is 53.2 Å². The van der Waals surface area contributed by atoms with Gasteiger partial charge < -0.3 is 4.74 Å². The quantitative estimate of drug-likeness (QED) is 0.727. The molecule has 114 valence electrons. The molecule has 4 heteroatoms. The molecule has 0 fully saturated rings. The summed E-state index contributed by atoms with van der Waals surface area (Å²) >= 11 is 3.59. The molecule has 1 aromatic carbocycles. The SMILES string of the molecule is CCC(C)c1ccc(OCc2c(Br)c(C)nn2CC)cc1. The van der Waals surface area contributed by atoms with Crippen molar-refractivity contribution in [3.05, 3.63) is 45.7 Å². The third-order valence-electron chi connectivity index (χ3n) is 3.89. The molecule has 0 aliphatic heterocycles. The lowest BCUT2D eigenvalue weighted by molar-refractivity contribution is 0.291. The summed E-state index contributed by atoms with van der Waals surface area (Å²) in [6.07, 6.45) is 1.15. The highest BCUT2D eigenvalue weighted by Gasteiger charge is 2.12. The largest absolute Gasteiger partial charge is 0.487 e. The van der Waals surface area contributed by atoms with Gasteiger partial charge in [-0.1, -0.05) is 26.0 Å². The van der Waals surface area contributed by atoms with E-state index in [2.05, 4.69) is 66.1 Å². The summed E-state index contributed by atoms with van der Waals surface area (Å²) in [5.41, 5.74) is 3.45. The molecule has 0 amide bonds. The fourth-order valence-corrected chi connectivity index (χ4v) is 2.69. The first-order valence-corrected chi connectivity index (χ1v) is 8.30. The standard InChI is InChI=1S/C17H23BrN2O/c1-5-12(3)14-7-9-15(10-8-14)21-11-16-17(18)13(4)19-20(16)6-2/h7-10,12H,5-6,11H2,1-4H3. The molecule has 0 radical (unpaired) electrons. The Bertz CT molecular complexity index is 590. The van der Waals surface area contributed by atoms with E-state index in [4.69, 9.17) is 4.74 Å². The van der Waals surface area contributed by atoms with Crippen LogP contribution < -0.4 is 4.74 Å². The van der Waals surface area contributed by atoms with E-state index in [1.165, 1.54) is 5.56 Å². The van der Waals surface area contributed by atoms with E-state index >= 15 is 0 Å². The first-order valence-electron chi connectivity index (χ1n) is 7.51. The molecule has 1 heterocycles. The number of nitrogens with zero attached hydrogens (tertiary/aromatic N) is 2. The predicted octanol–water partition coefficient (Wildman–Crippen LogP) is 5.07. The first-order chi connectivity index (χ1) is 10.1. The predicted molar refractivity (Wildman–Crippen MR) is 89.8 cm³/mol. The minimum Gasteiger partial charge on any atom is -0.487 e. The number of hydrogen-bond donors (Lipinski definition) is 0. The van der Waals surface area contributed by atoms with Gasteiger partial charge in [-0.2, -0.15) is 5.10 Å². The lowest BCUT2D eigenvalue weighted by atomic mass is 9.99. The number of aromatic nitrogens is 2. The summed E-state index contributed by atoms with van der Waals surface area (Å²) in [5.74, 6) is 1.49. The van der Waals surface area contributed by atoms with Gasteiger partial charge in [0.25, 0.3) is 0 Å². The zero-order chi connectivity index (χ0) is 15.4. The van der Waals surface area contributed by atoms with Crippen LogP contribution in [-0.2, 0) is 13.2 Å². The minimum absolute atomic E-state index is 0.526. The molecular formula is C17H23BrN2O. The van der Waals surface area contributed by atoms with Gasteiger partial charge in [0, 0.05) is 6.54 Å². The van der Waals surface area contributed by atoms with E-state index in [0.29, 0.717) is 12.5 Å². The minimum atomic E-state index is 0.526. The van der Waals surface area contributed by atoms with Crippen LogP contribution in [0.5, 0.6) is 5.75 Å². The second kappa shape index (κ2) is 7.12. The van der Waals surface area contributed by atoms with Crippen LogP contribution in [0, 0.1) is 6.92 Å². The van der Waals surface area contributed by atoms with Crippen LogP contribution in [0.1, 0.15) is 50.1 Å². The Morgan fingerprint density at radius 1 is 1.24 bits per heavy atom. The van der Waals surface area contributed by atoms with Gasteiger partial charge >= 0.3 is 0 Å². The van der Waals surface area contributed by atoms with E-state index in [-0.39, 0.29) is 0 Å². The Kier molecular flexibility index (Phi) is 5.45. The maximum atomic E-state index is 5.91. The van der Waals surface area contributed by atoms with Gasteiger partial charge in [-0.05, 0) is 59.8 Å². The summed E-state index contributed by atoms with van der Waals surface area (Å²) in [6.45, 7) is 9.91. The smallest absolute Gasteiger partial charge is 0.131 e. The monoisotopic (exact) mass is 350 g/mol. The van der Waals surface area contributed by atoms with Crippen molar-refractivity contribution in [1.82, 2.24) is 9.78 Å². The van der Waals surface area contributed by atoms with E-state index in [1.807, 2.05) is 11.6 Å². The number of ether oxygens (including phenoxy) is 1. The normalized spacial score (nSPS) is 12.4. The van der Waals surface area contributed by atoms with E-state index in [1.54, 1.807) is 0 Å². The van der Waals surface area contributed by atoms with E-state index < -0.39 is 0 Å². The molecule has 0 spiro atoms. The molecule has 0 aliphatic carbocycles. The molecule has 1 atom stereocenters. The number of aryl methyl sites for hydroxylation is 2. The highest BCUT2D eigenvalue weighted by Crippen LogP contribution is 2.24. The zero-order valence-corrected chi connectivity index (χ0v) is 14.8. The molecule has 3 nitrogen and oxygen atoms in total. The van der Waals surface area contributed by atoms with Crippen LogP contribution in [0.3, 0.4) is 0 Å². The highest BCUT2D eigenvalue weighted by molar-refractivity contribution is 9.10. The Balaban J connectivity index is 2.06. The van der Waals surface area contributed by atoms with Crippen LogP contribution in [-0.4, -0.2) is 9.78 Å². The van der Waals surface area contributed by atoms with Gasteiger partial charge in [0.2, 0.25) is 0 Å². The topological polar surface area (TPSA) is 27.1 Å². The van der Waals surface area contributed by atoms with Gasteiger partial charge in [-0.25, -0.2) is 0 Å². The van der Waals surface area contributed by atoms with E-state index in [0.717, 1.165) is 34.6 Å². The van der Waals surface area contributed by atoms with Crippen LogP contribution in [0.25, 0.3) is 0 Å². The lowest BCUT2D eigenvalue weighted by Gasteiger charge is -2.11. The van der Waals surface area contributed by atoms with Crippen molar-refractivity contribution in [2.24, 2.45) is 0 Å². The van der Waals surface area contributed by atoms with Crippen molar-refractivity contribution < 1.29 is 4.74 Å². The van der Waals surface area contributed by atoms with Crippen molar-refractivity contribution in [2.75, 3.05) is 0 Å². The number of rotatable bonds is 6. The number of halogens is 1. The van der Waals surface area contributed by atoms with Crippen LogP contribution >= 0.6 is 15.9 Å². The van der Waals surface area contributed by atoms with Crippen LogP contribution in [0.2, 0.25) is 0 Å². The molecule has 2 rings (SSSR count). The van der Waals surface area contributed by atoms with Crippen molar-refractivity contribution in [1.29, 1.82) is 0 Å². The summed E-state index contributed by atoms with van der Waals surface area (Å²) in [5, 5.41) is 4.48. The maximum Gasteiger partial charge on any atom is 0.131 e. The Morgan fingerprint density at radius 2 is 1.90 bits per heavy atom. The maximum absolute atomic E-state index is 5.91. The molecule has 1 unspecified atom stereocenters. The van der Waals surface area contributed by atoms with Crippen molar-refractivity contribution >= 4 is 15.9 Å². The average Bonchev–Trinajstić information content (AvgIpc) is 2.79. The third kappa shape index (κ3) is 3.67. The van der Waals surface area contributed by atoms with Crippen molar-refractivity contribution in [3.8, 4) is 5.75 Å². The molecule has 0 aliphatic rings. The highest BCUT2D eigenvalue weighted by atomic mass is 79.9. The zero-order valence-electron chi connectivity index (χ0n) is 13.2. The fraction of sp³-hybridized carbons (Fsp3) is 0.471. The van der Waals surface area contributed by atoms with Gasteiger partial charge in [0.1, 0.15) is 12.4 Å². The number of benzene rings is 1. The second-order valence-electron chi connectivity index (χ2n) is 5.33. The van der Waals surface area contributed by atoms with Gasteiger partial charge in [0.15, 0.2) is 0 Å². The van der Waals surface area contributed by atoms with Gasteiger partial charge in [-0.15, -0.1) is 0 Å². The molecule has 0 saturated heterocycles. The Hall–Kier alpha value is -1.29. The Morgan fingerprint density at radius 3 is 2.48 bits per heavy atom. The van der Waals surface area contributed by atoms with E-state index in [9.17, 15) is 0 Å². The molecular weight excluding hydrogens is 328 g/mol. The van der Waals surface area contributed by atoms with Gasteiger partial charge in [0.05, 0.1) is 15.9 Å². The lowest BCUT2D eigenvalue weighted by Crippen LogP contribution is -2.06. The molecule has 0 bridgehead atoms. The Labute approximate surface area is 135 Å². The summed E-state index contributed by atoms with van der Waals surface area (Å²) < 4.78 is 8.93. The molecule has 21 heavy (non-hydrogen) atoms. The molecule has 1 aromatic heterocycles. The summed E-state index contributed by atoms with van der Waals surface area (Å²) in [4.78, 5) is 0. The number of hydrogen-bond acceptors (Lipinski definition) is 2. The fourth-order valence-electron chi connectivity index (χ4n) is 2.29. The van der Waals surface area contributed by atoms with Crippen LogP contribution in [0.15, 0.2) is 28.7 Å². The summed E-state index contributed by atoms with van der Waals surface area (Å²) in [6, 6.07) is 8.41. The van der Waals surface area contributed by atoms with Crippen molar-refractivity contribution in [3.63, 3.8) is 0 Å². The summed E-state index contributed by atoms with van der Waals surface area (Å²) in [7, 11) is 0. The molecule has 0 N–H and O–H groups in total. The van der Waals surface area contributed by atoms with Crippen LogP contribution in [0.4, 0.5) is 0 Å². The third-order valence-corrected chi connectivity index (χ3v) is 4.92. The molecule has 0 saturated carbocycles. The second-order valence-corrected chi connectivity index (χ2v) is 6.12.